The van der Waals surface area contributed by atoms with Crippen LogP contribution in [0.5, 0.6) is 0 Å². The third-order valence-electron chi connectivity index (χ3n) is 4.52. The molecule has 1 amide bonds. The van der Waals surface area contributed by atoms with Crippen LogP contribution in [0.1, 0.15) is 18.5 Å². The van der Waals surface area contributed by atoms with Crippen LogP contribution >= 0.6 is 0 Å². The van der Waals surface area contributed by atoms with Crippen LogP contribution < -0.4 is 5.32 Å². The molecule has 0 aromatic heterocycles. The Labute approximate surface area is 136 Å². The average molecular weight is 321 g/mol. The highest BCUT2D eigenvalue weighted by atomic mass is 19.1. The Balaban J connectivity index is 1.88. The highest BCUT2D eigenvalue weighted by molar-refractivity contribution is 5.83. The van der Waals surface area contributed by atoms with Crippen LogP contribution in [-0.2, 0) is 9.53 Å². The lowest BCUT2D eigenvalue weighted by molar-refractivity contribution is -0.140. The van der Waals surface area contributed by atoms with Crippen molar-refractivity contribution in [1.82, 2.24) is 15.1 Å². The number of hydrogen-bond donors (Lipinski definition) is 1. The standard InChI is InChI=1S/C17H24FN3O2/c1-13-12-21(7-6-19-13)17(22)16(20-8-10-23-11-9-20)14-4-2-3-5-15(14)18/h2-5,13,16,19H,6-12H2,1H3/t13-,16+/m1/s1. The average Bonchev–Trinajstić information content (AvgIpc) is 2.58. The number of amides is 1. The zero-order chi connectivity index (χ0) is 16.2. The highest BCUT2D eigenvalue weighted by Gasteiger charge is 2.35. The molecule has 2 aliphatic heterocycles. The van der Waals surface area contributed by atoms with Crippen LogP contribution in [0.4, 0.5) is 4.39 Å². The number of ether oxygens (including phenoxy) is 1. The van der Waals surface area contributed by atoms with E-state index in [2.05, 4.69) is 12.2 Å². The minimum absolute atomic E-state index is 0.00894. The van der Waals surface area contributed by atoms with E-state index in [0.29, 0.717) is 45.0 Å². The molecule has 0 bridgehead atoms. The predicted molar refractivity (Wildman–Crippen MR) is 85.6 cm³/mol. The van der Waals surface area contributed by atoms with Crippen LogP contribution in [0.25, 0.3) is 0 Å². The first-order valence-electron chi connectivity index (χ1n) is 8.25. The molecule has 23 heavy (non-hydrogen) atoms. The van der Waals surface area contributed by atoms with Gasteiger partial charge in [-0.1, -0.05) is 18.2 Å². The molecule has 2 fully saturated rings. The molecule has 6 heteroatoms. The molecule has 0 spiro atoms. The van der Waals surface area contributed by atoms with Gasteiger partial charge in [0.2, 0.25) is 5.91 Å². The zero-order valence-electron chi connectivity index (χ0n) is 13.5. The summed E-state index contributed by atoms with van der Waals surface area (Å²) in [4.78, 5) is 17.0. The molecule has 5 nitrogen and oxygen atoms in total. The van der Waals surface area contributed by atoms with Gasteiger partial charge in [-0.15, -0.1) is 0 Å². The van der Waals surface area contributed by atoms with Crippen molar-refractivity contribution in [2.24, 2.45) is 0 Å². The van der Waals surface area contributed by atoms with Crippen molar-refractivity contribution >= 4 is 5.91 Å². The molecule has 0 aliphatic carbocycles. The normalized spacial score (nSPS) is 24.4. The molecule has 0 unspecified atom stereocenters. The fourth-order valence-corrected chi connectivity index (χ4v) is 3.32. The molecule has 1 aromatic rings. The first kappa shape index (κ1) is 16.4. The number of nitrogens with one attached hydrogen (secondary N) is 1. The van der Waals surface area contributed by atoms with Gasteiger partial charge < -0.3 is 15.0 Å². The number of halogens is 1. The van der Waals surface area contributed by atoms with Crippen molar-refractivity contribution in [3.05, 3.63) is 35.6 Å². The van der Waals surface area contributed by atoms with E-state index >= 15 is 0 Å². The summed E-state index contributed by atoms with van der Waals surface area (Å²) >= 11 is 0. The van der Waals surface area contributed by atoms with Crippen LogP contribution in [0.2, 0.25) is 0 Å². The van der Waals surface area contributed by atoms with Crippen molar-refractivity contribution in [2.45, 2.75) is 19.0 Å². The third kappa shape index (κ3) is 3.71. The second-order valence-electron chi connectivity index (χ2n) is 6.21. The maximum atomic E-state index is 14.4. The quantitative estimate of drug-likeness (QED) is 0.903. The van der Waals surface area contributed by atoms with Crippen molar-refractivity contribution in [1.29, 1.82) is 0 Å². The number of carbonyl (C=O) groups is 1. The molecular weight excluding hydrogens is 297 g/mol. The lowest BCUT2D eigenvalue weighted by Crippen LogP contribution is -2.55. The Morgan fingerprint density at radius 2 is 2.04 bits per heavy atom. The second kappa shape index (κ2) is 7.38. The maximum absolute atomic E-state index is 14.4. The SMILES string of the molecule is C[C@@H]1CN(C(=O)[C@H](c2ccccc2F)N2CCOCC2)CCN1. The Morgan fingerprint density at radius 3 is 2.74 bits per heavy atom. The Bertz CT molecular complexity index is 548. The van der Waals surface area contributed by atoms with Crippen molar-refractivity contribution < 1.29 is 13.9 Å². The molecule has 2 aliphatic rings. The summed E-state index contributed by atoms with van der Waals surface area (Å²) in [5.74, 6) is -0.328. The van der Waals surface area contributed by atoms with Gasteiger partial charge in [0.15, 0.2) is 0 Å². The highest BCUT2D eigenvalue weighted by Crippen LogP contribution is 2.27. The first-order valence-corrected chi connectivity index (χ1v) is 8.25. The Kier molecular flexibility index (Phi) is 5.25. The van der Waals surface area contributed by atoms with E-state index in [-0.39, 0.29) is 17.8 Å². The number of hydrogen-bond acceptors (Lipinski definition) is 4. The summed E-state index contributed by atoms with van der Waals surface area (Å²) in [5, 5.41) is 3.33. The van der Waals surface area contributed by atoms with Gasteiger partial charge in [-0.25, -0.2) is 4.39 Å². The van der Waals surface area contributed by atoms with Crippen molar-refractivity contribution in [3.63, 3.8) is 0 Å². The lowest BCUT2D eigenvalue weighted by Gasteiger charge is -2.39. The smallest absolute Gasteiger partial charge is 0.244 e. The summed E-state index contributed by atoms with van der Waals surface area (Å²) in [6.07, 6.45) is 0. The van der Waals surface area contributed by atoms with Gasteiger partial charge >= 0.3 is 0 Å². The van der Waals surface area contributed by atoms with E-state index in [4.69, 9.17) is 4.74 Å². The third-order valence-corrected chi connectivity index (χ3v) is 4.52. The van der Waals surface area contributed by atoms with E-state index in [9.17, 15) is 9.18 Å². The van der Waals surface area contributed by atoms with E-state index in [1.165, 1.54) is 6.07 Å². The van der Waals surface area contributed by atoms with E-state index in [1.807, 2.05) is 9.80 Å². The Hall–Kier alpha value is -1.50. The van der Waals surface area contributed by atoms with Gasteiger partial charge in [0.25, 0.3) is 0 Å². The summed E-state index contributed by atoms with van der Waals surface area (Å²) in [6.45, 7) is 6.62. The fourth-order valence-electron chi connectivity index (χ4n) is 3.32. The van der Waals surface area contributed by atoms with Gasteiger partial charge in [0.1, 0.15) is 11.9 Å². The van der Waals surface area contributed by atoms with Gasteiger partial charge in [0.05, 0.1) is 13.2 Å². The maximum Gasteiger partial charge on any atom is 0.244 e. The molecule has 126 valence electrons. The number of carbonyl (C=O) groups excluding carboxylic acids is 1. The van der Waals surface area contributed by atoms with Crippen LogP contribution in [0, 0.1) is 5.82 Å². The van der Waals surface area contributed by atoms with Crippen molar-refractivity contribution in [3.8, 4) is 0 Å². The summed E-state index contributed by atoms with van der Waals surface area (Å²) in [7, 11) is 0. The number of benzene rings is 1. The van der Waals surface area contributed by atoms with Crippen molar-refractivity contribution in [2.75, 3.05) is 45.9 Å². The molecule has 1 aromatic carbocycles. The fraction of sp³-hybridized carbons (Fsp3) is 0.588. The largest absolute Gasteiger partial charge is 0.379 e. The predicted octanol–water partition coefficient (Wildman–Crippen LogP) is 1.02. The van der Waals surface area contributed by atoms with Crippen LogP contribution in [0.3, 0.4) is 0 Å². The Morgan fingerprint density at radius 1 is 1.30 bits per heavy atom. The molecule has 1 N–H and O–H groups in total. The number of piperazine rings is 1. The van der Waals surface area contributed by atoms with Crippen LogP contribution in [-0.4, -0.2) is 67.7 Å². The summed E-state index contributed by atoms with van der Waals surface area (Å²) < 4.78 is 19.7. The van der Waals surface area contributed by atoms with E-state index < -0.39 is 6.04 Å². The van der Waals surface area contributed by atoms with Gasteiger partial charge in [-0.05, 0) is 13.0 Å². The molecule has 0 radical (unpaired) electrons. The van der Waals surface area contributed by atoms with Gasteiger partial charge in [-0.2, -0.15) is 0 Å². The van der Waals surface area contributed by atoms with Gasteiger partial charge in [0, 0.05) is 44.3 Å². The molecular formula is C17H24FN3O2. The van der Waals surface area contributed by atoms with E-state index in [0.717, 1.165) is 6.54 Å². The number of rotatable bonds is 3. The molecule has 2 saturated heterocycles. The monoisotopic (exact) mass is 321 g/mol. The molecule has 0 saturated carbocycles. The second-order valence-corrected chi connectivity index (χ2v) is 6.21. The van der Waals surface area contributed by atoms with Crippen LogP contribution in [0.15, 0.2) is 24.3 Å². The summed E-state index contributed by atoms with van der Waals surface area (Å²) in [6, 6.07) is 6.30. The molecule has 2 heterocycles. The topological polar surface area (TPSA) is 44.8 Å². The number of morpholine rings is 1. The molecule has 3 rings (SSSR count). The summed E-state index contributed by atoms with van der Waals surface area (Å²) in [5.41, 5.74) is 0.464. The zero-order valence-corrected chi connectivity index (χ0v) is 13.5. The molecule has 2 atom stereocenters. The number of nitrogens with zero attached hydrogens (tertiary/aromatic N) is 2. The van der Waals surface area contributed by atoms with E-state index in [1.54, 1.807) is 18.2 Å². The minimum atomic E-state index is -0.564. The lowest BCUT2D eigenvalue weighted by atomic mass is 10.0. The van der Waals surface area contributed by atoms with Gasteiger partial charge in [-0.3, -0.25) is 9.69 Å². The minimum Gasteiger partial charge on any atom is -0.379 e. The first-order chi connectivity index (χ1) is 11.2.